The van der Waals surface area contributed by atoms with Crippen LogP contribution in [0.25, 0.3) is 5.57 Å². The summed E-state index contributed by atoms with van der Waals surface area (Å²) in [5, 5.41) is 0.455. The highest BCUT2D eigenvalue weighted by atomic mass is 28.2. The van der Waals surface area contributed by atoms with E-state index in [0.717, 1.165) is 24.9 Å². The molecule has 2 atom stereocenters. The maximum absolute atomic E-state index is 7.20. The maximum atomic E-state index is 7.20. The molecule has 0 amide bonds. The van der Waals surface area contributed by atoms with Crippen LogP contribution in [0.5, 0.6) is 0 Å². The van der Waals surface area contributed by atoms with Crippen molar-refractivity contribution in [2.24, 2.45) is 0 Å². The van der Waals surface area contributed by atoms with E-state index in [2.05, 4.69) is 87.4 Å². The third kappa shape index (κ3) is 5.67. The van der Waals surface area contributed by atoms with Crippen molar-refractivity contribution in [2.45, 2.75) is 121 Å². The molecule has 1 fully saturated rings. The van der Waals surface area contributed by atoms with Crippen molar-refractivity contribution in [2.75, 3.05) is 5.73 Å². The Morgan fingerprint density at radius 2 is 1.30 bits per heavy atom. The van der Waals surface area contributed by atoms with Gasteiger partial charge < -0.3 is 19.3 Å². The molecule has 2 N–H and O–H groups in total. The first kappa shape index (κ1) is 26.7. The molecular formula is C27H47NO3Si2. The van der Waals surface area contributed by atoms with Crippen LogP contribution >= 0.6 is 0 Å². The first-order valence-electron chi connectivity index (χ1n) is 12.5. The van der Waals surface area contributed by atoms with Gasteiger partial charge in [0.05, 0.1) is 11.2 Å². The lowest BCUT2D eigenvalue weighted by Crippen LogP contribution is -2.60. The first-order valence-corrected chi connectivity index (χ1v) is 15.0. The molecule has 0 spiro atoms. The molecule has 0 aromatic heterocycles. The van der Waals surface area contributed by atoms with Gasteiger partial charge >= 0.3 is 0 Å². The second-order valence-electron chi connectivity index (χ2n) is 13.7. The van der Waals surface area contributed by atoms with Gasteiger partial charge in [0.2, 0.25) is 0 Å². The van der Waals surface area contributed by atoms with E-state index in [0.29, 0.717) is 0 Å². The van der Waals surface area contributed by atoms with Crippen LogP contribution in [0.4, 0.5) is 5.69 Å². The van der Waals surface area contributed by atoms with Crippen molar-refractivity contribution < 1.29 is 13.6 Å². The number of hydrogen-bond donors (Lipinski definition) is 1. The molecule has 2 unspecified atom stereocenters. The van der Waals surface area contributed by atoms with E-state index >= 15 is 0 Å². The van der Waals surface area contributed by atoms with Crippen molar-refractivity contribution in [1.82, 2.24) is 0 Å². The van der Waals surface area contributed by atoms with Gasteiger partial charge in [-0.2, -0.15) is 0 Å². The predicted molar refractivity (Wildman–Crippen MR) is 146 cm³/mol. The highest BCUT2D eigenvalue weighted by molar-refractivity contribution is 6.32. The number of nitrogen functional groups attached to an aromatic ring is 1. The van der Waals surface area contributed by atoms with E-state index in [1.54, 1.807) is 0 Å². The summed E-state index contributed by atoms with van der Waals surface area (Å²) in [5.41, 5.74) is 7.70. The molecule has 3 rings (SSSR count). The Balaban J connectivity index is 2.04. The number of ether oxygens (including phenoxy) is 1. The van der Waals surface area contributed by atoms with Crippen LogP contribution in [0.2, 0.25) is 10.1 Å². The Hall–Kier alpha value is -0.926. The van der Waals surface area contributed by atoms with Crippen LogP contribution in [0.3, 0.4) is 0 Å². The van der Waals surface area contributed by atoms with Crippen LogP contribution in [0.15, 0.2) is 30.3 Å². The van der Waals surface area contributed by atoms with E-state index in [9.17, 15) is 0 Å². The first-order chi connectivity index (χ1) is 14.9. The normalized spacial score (nSPS) is 27.2. The molecule has 2 aliphatic rings. The summed E-state index contributed by atoms with van der Waals surface area (Å²) in [6.07, 6.45) is 5.13. The minimum atomic E-state index is -0.744. The van der Waals surface area contributed by atoms with Crippen LogP contribution in [-0.4, -0.2) is 41.9 Å². The molecule has 1 saturated heterocycles. The molecule has 0 radical (unpaired) electrons. The number of hydrogen-bond acceptors (Lipinski definition) is 4. The van der Waals surface area contributed by atoms with Crippen LogP contribution in [0, 0.1) is 0 Å². The zero-order chi connectivity index (χ0) is 24.9. The summed E-state index contributed by atoms with van der Waals surface area (Å²) in [7, 11) is -1.48. The van der Waals surface area contributed by atoms with Crippen LogP contribution in [-0.2, 0) is 13.6 Å². The molecule has 33 heavy (non-hydrogen) atoms. The highest BCUT2D eigenvalue weighted by Crippen LogP contribution is 2.58. The molecule has 186 valence electrons. The molecule has 2 aliphatic heterocycles. The van der Waals surface area contributed by atoms with E-state index < -0.39 is 30.7 Å². The molecule has 2 bridgehead atoms. The standard InChI is InChI=1S/C27H47NO3Si2/c1-22(2,3)32-30-24(7,8)26-15-16-27(29-26,25(9,10)31-33-23(4,5)6)18-20(17-26)19-11-13-21(28)14-12-19/h11-14,17H,15-16,18,28,32-33H2,1-10H3. The van der Waals surface area contributed by atoms with Gasteiger partial charge in [-0.1, -0.05) is 53.7 Å². The molecular weight excluding hydrogens is 442 g/mol. The summed E-state index contributed by atoms with van der Waals surface area (Å²) in [4.78, 5) is 0. The van der Waals surface area contributed by atoms with E-state index in [1.807, 2.05) is 12.1 Å². The fraction of sp³-hybridized carbons (Fsp3) is 0.704. The van der Waals surface area contributed by atoms with Gasteiger partial charge in [-0.3, -0.25) is 0 Å². The Kier molecular flexibility index (Phi) is 6.97. The lowest BCUT2D eigenvalue weighted by molar-refractivity contribution is -0.210. The zero-order valence-corrected chi connectivity index (χ0v) is 25.6. The highest BCUT2D eigenvalue weighted by Gasteiger charge is 2.63. The summed E-state index contributed by atoms with van der Waals surface area (Å²) in [6.45, 7) is 22.6. The largest absolute Gasteiger partial charge is 0.416 e. The van der Waals surface area contributed by atoms with Gasteiger partial charge in [-0.15, -0.1) is 0 Å². The summed E-state index contributed by atoms with van der Waals surface area (Å²) in [6, 6.07) is 8.27. The van der Waals surface area contributed by atoms with E-state index in [-0.39, 0.29) is 21.3 Å². The summed E-state index contributed by atoms with van der Waals surface area (Å²) in [5.74, 6) is 0. The molecule has 4 nitrogen and oxygen atoms in total. The molecule has 0 saturated carbocycles. The number of nitrogens with two attached hydrogens (primary N) is 1. The molecule has 2 heterocycles. The molecule has 6 heteroatoms. The van der Waals surface area contributed by atoms with Gasteiger partial charge in [-0.05, 0) is 80.0 Å². The van der Waals surface area contributed by atoms with Gasteiger partial charge in [-0.25, -0.2) is 0 Å². The Bertz CT molecular complexity index is 880. The lowest BCUT2D eigenvalue weighted by atomic mass is 9.77. The van der Waals surface area contributed by atoms with Crippen molar-refractivity contribution in [1.29, 1.82) is 0 Å². The SMILES string of the molecule is CC(C)(C)[SiH2]OC(C)(C)C12C=C(c3ccc(N)cc3)CC(C(C)(C)O[SiH2]C(C)(C)C)(CC1)O2. The van der Waals surface area contributed by atoms with Crippen molar-refractivity contribution >= 4 is 30.8 Å². The van der Waals surface area contributed by atoms with Gasteiger partial charge in [0.1, 0.15) is 11.2 Å². The number of rotatable bonds is 7. The molecule has 1 aromatic carbocycles. The average molecular weight is 490 g/mol. The van der Waals surface area contributed by atoms with Gasteiger partial charge in [0, 0.05) is 12.1 Å². The fourth-order valence-electron chi connectivity index (χ4n) is 4.87. The number of fused-ring (bicyclic) bond motifs is 2. The predicted octanol–water partition coefficient (Wildman–Crippen LogP) is 5.54. The minimum Gasteiger partial charge on any atom is -0.416 e. The number of anilines is 1. The second-order valence-corrected chi connectivity index (χ2v) is 19.1. The van der Waals surface area contributed by atoms with Crippen LogP contribution < -0.4 is 5.73 Å². The minimum absolute atomic E-state index is 0.225. The topological polar surface area (TPSA) is 53.7 Å². The van der Waals surface area contributed by atoms with Gasteiger partial charge in [0.15, 0.2) is 19.5 Å². The number of benzene rings is 1. The van der Waals surface area contributed by atoms with Crippen molar-refractivity contribution in [3.63, 3.8) is 0 Å². The maximum Gasteiger partial charge on any atom is 0.167 e. The van der Waals surface area contributed by atoms with E-state index in [1.165, 1.54) is 11.1 Å². The third-order valence-electron chi connectivity index (χ3n) is 7.29. The second kappa shape index (κ2) is 8.63. The van der Waals surface area contributed by atoms with Gasteiger partial charge in [0.25, 0.3) is 0 Å². The quantitative estimate of drug-likeness (QED) is 0.404. The Labute approximate surface area is 206 Å². The van der Waals surface area contributed by atoms with Crippen LogP contribution in [0.1, 0.15) is 94.1 Å². The summed E-state index contributed by atoms with van der Waals surface area (Å²) < 4.78 is 20.7. The molecule has 0 aliphatic carbocycles. The van der Waals surface area contributed by atoms with Crippen molar-refractivity contribution in [3.05, 3.63) is 35.9 Å². The summed E-state index contributed by atoms with van der Waals surface area (Å²) >= 11 is 0. The Morgan fingerprint density at radius 3 is 1.82 bits per heavy atom. The Morgan fingerprint density at radius 1 is 0.788 bits per heavy atom. The lowest BCUT2D eigenvalue weighted by Gasteiger charge is -2.52. The third-order valence-corrected chi connectivity index (χ3v) is 10.8. The van der Waals surface area contributed by atoms with E-state index in [4.69, 9.17) is 19.3 Å². The average Bonchev–Trinajstić information content (AvgIpc) is 2.98. The molecule has 1 aromatic rings. The monoisotopic (exact) mass is 489 g/mol. The van der Waals surface area contributed by atoms with Crippen molar-refractivity contribution in [3.8, 4) is 0 Å². The smallest absolute Gasteiger partial charge is 0.167 e. The fourth-order valence-corrected chi connectivity index (χ4v) is 6.96. The zero-order valence-electron chi connectivity index (χ0n) is 22.7.